The van der Waals surface area contributed by atoms with Crippen LogP contribution in [0.2, 0.25) is 0 Å². The van der Waals surface area contributed by atoms with E-state index < -0.39 is 7.12 Å². The van der Waals surface area contributed by atoms with E-state index in [4.69, 9.17) is 13.7 Å². The maximum atomic E-state index is 6.11. The molecule has 0 unspecified atom stereocenters. The number of nitrogens with zero attached hydrogens (tertiary/aromatic N) is 2. The number of furan rings is 1. The fraction of sp³-hybridized carbons (Fsp3) is 0.273. The normalized spacial score (nSPS) is 18.2. The van der Waals surface area contributed by atoms with Crippen molar-refractivity contribution in [2.24, 2.45) is 0 Å². The lowest BCUT2D eigenvalue weighted by Crippen LogP contribution is -2.41. The van der Waals surface area contributed by atoms with Crippen LogP contribution in [0, 0.1) is 0 Å². The SMILES string of the molecule is CC1(C)OB(c2ccc(-c3ccc4oc5ccncc5c4c3)nc2)OC1(C)C. The van der Waals surface area contributed by atoms with Gasteiger partial charge in [-0.3, -0.25) is 9.97 Å². The Bertz CT molecular complexity index is 1170. The van der Waals surface area contributed by atoms with E-state index in [1.807, 2.05) is 70.4 Å². The van der Waals surface area contributed by atoms with E-state index in [9.17, 15) is 0 Å². The molecule has 1 aliphatic heterocycles. The molecule has 0 radical (unpaired) electrons. The van der Waals surface area contributed by atoms with Gasteiger partial charge in [0.1, 0.15) is 11.2 Å². The Morgan fingerprint density at radius 1 is 0.821 bits per heavy atom. The van der Waals surface area contributed by atoms with Crippen molar-refractivity contribution in [3.63, 3.8) is 0 Å². The summed E-state index contributed by atoms with van der Waals surface area (Å²) in [6.45, 7) is 8.20. The third-order valence-corrected chi connectivity index (χ3v) is 5.88. The molecule has 0 saturated carbocycles. The summed E-state index contributed by atoms with van der Waals surface area (Å²) in [6.07, 6.45) is 5.40. The van der Waals surface area contributed by atoms with Crippen molar-refractivity contribution in [1.29, 1.82) is 0 Å². The molecule has 1 saturated heterocycles. The molecule has 1 fully saturated rings. The van der Waals surface area contributed by atoms with Crippen LogP contribution in [0.25, 0.3) is 33.2 Å². The standard InChI is InChI=1S/C22H21BN2O3/c1-21(2)22(3,4)28-23(27-21)15-6-7-18(25-12-15)14-5-8-19-16(11-14)17-13-24-10-9-20(17)26-19/h5-13H,1-4H3. The molecule has 0 aliphatic carbocycles. The zero-order valence-corrected chi connectivity index (χ0v) is 16.4. The number of rotatable bonds is 2. The van der Waals surface area contributed by atoms with Crippen molar-refractivity contribution in [2.45, 2.75) is 38.9 Å². The first-order valence-corrected chi connectivity index (χ1v) is 9.42. The average Bonchev–Trinajstić information content (AvgIpc) is 3.15. The number of benzene rings is 1. The molecule has 0 amide bonds. The molecule has 0 N–H and O–H groups in total. The highest BCUT2D eigenvalue weighted by atomic mass is 16.7. The molecule has 4 aromatic rings. The van der Waals surface area contributed by atoms with Gasteiger partial charge in [0.25, 0.3) is 0 Å². The van der Waals surface area contributed by atoms with Crippen molar-refractivity contribution < 1.29 is 13.7 Å². The number of fused-ring (bicyclic) bond motifs is 3. The van der Waals surface area contributed by atoms with E-state index in [0.717, 1.165) is 38.7 Å². The maximum absolute atomic E-state index is 6.11. The molecule has 1 aliphatic rings. The Kier molecular flexibility index (Phi) is 3.67. The highest BCUT2D eigenvalue weighted by Gasteiger charge is 2.51. The van der Waals surface area contributed by atoms with E-state index >= 15 is 0 Å². The third-order valence-electron chi connectivity index (χ3n) is 5.88. The number of aromatic nitrogens is 2. The molecule has 140 valence electrons. The molecule has 4 heterocycles. The van der Waals surface area contributed by atoms with E-state index in [0.29, 0.717) is 0 Å². The van der Waals surface area contributed by atoms with Crippen LogP contribution >= 0.6 is 0 Å². The Morgan fingerprint density at radius 2 is 1.57 bits per heavy atom. The molecular formula is C22H21BN2O3. The van der Waals surface area contributed by atoms with Crippen LogP contribution in [-0.4, -0.2) is 28.3 Å². The van der Waals surface area contributed by atoms with E-state index in [1.165, 1.54) is 0 Å². The predicted octanol–water partition coefficient (Wildman–Crippen LogP) is 4.34. The van der Waals surface area contributed by atoms with Crippen molar-refractivity contribution in [3.05, 3.63) is 55.0 Å². The quantitative estimate of drug-likeness (QED) is 0.490. The number of hydrogen-bond donors (Lipinski definition) is 0. The van der Waals surface area contributed by atoms with Gasteiger partial charge in [0.05, 0.1) is 16.9 Å². The van der Waals surface area contributed by atoms with Crippen LogP contribution in [-0.2, 0) is 9.31 Å². The van der Waals surface area contributed by atoms with E-state index in [-0.39, 0.29) is 11.2 Å². The zero-order valence-electron chi connectivity index (χ0n) is 16.4. The minimum atomic E-state index is -0.405. The maximum Gasteiger partial charge on any atom is 0.496 e. The molecule has 0 atom stereocenters. The predicted molar refractivity (Wildman–Crippen MR) is 110 cm³/mol. The largest absolute Gasteiger partial charge is 0.496 e. The smallest absolute Gasteiger partial charge is 0.456 e. The van der Waals surface area contributed by atoms with Crippen LogP contribution in [0.4, 0.5) is 0 Å². The Morgan fingerprint density at radius 3 is 2.29 bits per heavy atom. The summed E-state index contributed by atoms with van der Waals surface area (Å²) in [5.41, 5.74) is 3.79. The summed E-state index contributed by atoms with van der Waals surface area (Å²) in [5.74, 6) is 0. The topological polar surface area (TPSA) is 57.4 Å². The Balaban J connectivity index is 1.48. The van der Waals surface area contributed by atoms with Gasteiger partial charge in [-0.25, -0.2) is 0 Å². The van der Waals surface area contributed by atoms with Crippen LogP contribution in [0.5, 0.6) is 0 Å². The first-order valence-electron chi connectivity index (χ1n) is 9.42. The summed E-state index contributed by atoms with van der Waals surface area (Å²) in [5, 5.41) is 2.05. The number of hydrogen-bond acceptors (Lipinski definition) is 5. The van der Waals surface area contributed by atoms with Gasteiger partial charge >= 0.3 is 7.12 Å². The first-order chi connectivity index (χ1) is 13.3. The fourth-order valence-corrected chi connectivity index (χ4v) is 3.47. The van der Waals surface area contributed by atoms with Crippen LogP contribution < -0.4 is 5.46 Å². The highest BCUT2D eigenvalue weighted by molar-refractivity contribution is 6.62. The van der Waals surface area contributed by atoms with Crippen molar-refractivity contribution >= 4 is 34.5 Å². The van der Waals surface area contributed by atoms with Gasteiger partial charge in [-0.2, -0.15) is 0 Å². The summed E-state index contributed by atoms with van der Waals surface area (Å²) in [6, 6.07) is 12.0. The second-order valence-electron chi connectivity index (χ2n) is 8.25. The second kappa shape index (κ2) is 5.90. The van der Waals surface area contributed by atoms with Crippen molar-refractivity contribution in [3.8, 4) is 11.3 Å². The van der Waals surface area contributed by atoms with Crippen LogP contribution in [0.1, 0.15) is 27.7 Å². The van der Waals surface area contributed by atoms with Gasteiger partial charge in [-0.1, -0.05) is 6.07 Å². The van der Waals surface area contributed by atoms with Gasteiger partial charge in [0.2, 0.25) is 0 Å². The minimum absolute atomic E-state index is 0.363. The summed E-state index contributed by atoms with van der Waals surface area (Å²) in [4.78, 5) is 8.87. The molecular weight excluding hydrogens is 351 g/mol. The lowest BCUT2D eigenvalue weighted by molar-refractivity contribution is 0.00578. The van der Waals surface area contributed by atoms with Gasteiger partial charge in [-0.05, 0) is 58.0 Å². The van der Waals surface area contributed by atoms with Gasteiger partial charge in [0.15, 0.2) is 0 Å². The van der Waals surface area contributed by atoms with E-state index in [1.54, 1.807) is 6.20 Å². The average molecular weight is 372 g/mol. The Labute approximate surface area is 163 Å². The molecule has 5 nitrogen and oxygen atoms in total. The van der Waals surface area contributed by atoms with Gasteiger partial charge in [-0.15, -0.1) is 0 Å². The van der Waals surface area contributed by atoms with Crippen molar-refractivity contribution in [1.82, 2.24) is 9.97 Å². The number of pyridine rings is 2. The molecule has 28 heavy (non-hydrogen) atoms. The molecule has 6 heteroatoms. The van der Waals surface area contributed by atoms with Gasteiger partial charge in [0, 0.05) is 40.4 Å². The molecule has 0 bridgehead atoms. The zero-order chi connectivity index (χ0) is 19.5. The van der Waals surface area contributed by atoms with Crippen molar-refractivity contribution in [2.75, 3.05) is 0 Å². The summed E-state index contributed by atoms with van der Waals surface area (Å²) in [7, 11) is -0.405. The lowest BCUT2D eigenvalue weighted by Gasteiger charge is -2.32. The fourth-order valence-electron chi connectivity index (χ4n) is 3.47. The molecule has 0 spiro atoms. The first kappa shape index (κ1) is 17.4. The summed E-state index contributed by atoms with van der Waals surface area (Å²) < 4.78 is 18.1. The summed E-state index contributed by atoms with van der Waals surface area (Å²) >= 11 is 0. The lowest BCUT2D eigenvalue weighted by atomic mass is 9.80. The highest BCUT2D eigenvalue weighted by Crippen LogP contribution is 2.36. The van der Waals surface area contributed by atoms with Crippen LogP contribution in [0.3, 0.4) is 0 Å². The van der Waals surface area contributed by atoms with Crippen LogP contribution in [0.15, 0.2) is 59.4 Å². The molecule has 5 rings (SSSR count). The van der Waals surface area contributed by atoms with Gasteiger partial charge < -0.3 is 13.7 Å². The monoisotopic (exact) mass is 372 g/mol. The Hall–Kier alpha value is -2.70. The molecule has 3 aromatic heterocycles. The molecule has 1 aromatic carbocycles. The second-order valence-corrected chi connectivity index (χ2v) is 8.25. The third kappa shape index (κ3) is 2.64. The minimum Gasteiger partial charge on any atom is -0.456 e. The van der Waals surface area contributed by atoms with E-state index in [2.05, 4.69) is 16.0 Å².